The van der Waals surface area contributed by atoms with Crippen LogP contribution < -0.4 is 5.32 Å². The average Bonchev–Trinajstić information content (AvgIpc) is 2.54. The van der Waals surface area contributed by atoms with Gasteiger partial charge in [0, 0.05) is 17.5 Å². The van der Waals surface area contributed by atoms with Gasteiger partial charge in [-0.25, -0.2) is 8.78 Å². The standard InChI is InChI=1S/C18H14F5NO/c19-13-6-3-7-14(20)16(13)11-8-9-15(11)24-17(25)10-4-1-2-5-12(10)18(21,22)23/h1-7,11,15H,8-9H2,(H,24,25)/t11-,15+/m0/s1. The maximum absolute atomic E-state index is 13.9. The number of benzene rings is 2. The number of amides is 1. The molecule has 1 N–H and O–H groups in total. The lowest BCUT2D eigenvalue weighted by molar-refractivity contribution is -0.137. The Kier molecular flexibility index (Phi) is 4.49. The zero-order chi connectivity index (χ0) is 18.2. The smallest absolute Gasteiger partial charge is 0.349 e. The van der Waals surface area contributed by atoms with Crippen LogP contribution in [0.5, 0.6) is 0 Å². The molecule has 2 aromatic rings. The van der Waals surface area contributed by atoms with Crippen molar-refractivity contribution in [2.45, 2.75) is 31.0 Å². The topological polar surface area (TPSA) is 29.1 Å². The summed E-state index contributed by atoms with van der Waals surface area (Å²) in [6, 6.07) is 7.29. The van der Waals surface area contributed by atoms with Gasteiger partial charge in [0.1, 0.15) is 11.6 Å². The quantitative estimate of drug-likeness (QED) is 0.797. The summed E-state index contributed by atoms with van der Waals surface area (Å²) in [6.07, 6.45) is -3.77. The van der Waals surface area contributed by atoms with E-state index in [1.807, 2.05) is 0 Å². The highest BCUT2D eigenvalue weighted by Crippen LogP contribution is 2.40. The van der Waals surface area contributed by atoms with Gasteiger partial charge in [-0.1, -0.05) is 18.2 Å². The van der Waals surface area contributed by atoms with Crippen LogP contribution in [0.4, 0.5) is 22.0 Å². The molecule has 25 heavy (non-hydrogen) atoms. The highest BCUT2D eigenvalue weighted by atomic mass is 19.4. The lowest BCUT2D eigenvalue weighted by Crippen LogP contribution is -2.46. The third-order valence-corrected chi connectivity index (χ3v) is 4.44. The fourth-order valence-corrected chi connectivity index (χ4v) is 3.06. The van der Waals surface area contributed by atoms with Crippen molar-refractivity contribution in [3.63, 3.8) is 0 Å². The van der Waals surface area contributed by atoms with Crippen LogP contribution in [0.3, 0.4) is 0 Å². The van der Waals surface area contributed by atoms with Crippen molar-refractivity contribution >= 4 is 5.91 Å². The Labute approximate surface area is 140 Å². The summed E-state index contributed by atoms with van der Waals surface area (Å²) in [5.41, 5.74) is -1.68. The monoisotopic (exact) mass is 355 g/mol. The van der Waals surface area contributed by atoms with Crippen LogP contribution in [0.1, 0.15) is 40.2 Å². The van der Waals surface area contributed by atoms with Gasteiger partial charge in [0.2, 0.25) is 0 Å². The lowest BCUT2D eigenvalue weighted by atomic mass is 9.74. The minimum Gasteiger partial charge on any atom is -0.349 e. The van der Waals surface area contributed by atoms with Gasteiger partial charge in [-0.15, -0.1) is 0 Å². The van der Waals surface area contributed by atoms with Gasteiger partial charge >= 0.3 is 6.18 Å². The average molecular weight is 355 g/mol. The molecule has 0 aliphatic heterocycles. The first-order valence-electron chi connectivity index (χ1n) is 7.70. The number of carbonyl (C=O) groups is 1. The Balaban J connectivity index is 1.81. The molecule has 0 saturated heterocycles. The maximum atomic E-state index is 13.9. The van der Waals surface area contributed by atoms with Crippen LogP contribution in [0.25, 0.3) is 0 Å². The van der Waals surface area contributed by atoms with Gasteiger partial charge in [-0.05, 0) is 37.1 Å². The number of hydrogen-bond acceptors (Lipinski definition) is 1. The molecule has 7 heteroatoms. The van der Waals surface area contributed by atoms with Gasteiger partial charge in [-0.2, -0.15) is 13.2 Å². The predicted octanol–water partition coefficient (Wildman–Crippen LogP) is 4.66. The van der Waals surface area contributed by atoms with Crippen molar-refractivity contribution in [3.8, 4) is 0 Å². The molecule has 3 rings (SSSR count). The molecule has 0 unspecified atom stereocenters. The summed E-state index contributed by atoms with van der Waals surface area (Å²) >= 11 is 0. The van der Waals surface area contributed by atoms with Crippen molar-refractivity contribution in [3.05, 3.63) is 70.8 Å². The molecule has 1 aliphatic carbocycles. The Morgan fingerprint density at radius 1 is 0.960 bits per heavy atom. The molecule has 132 valence electrons. The first kappa shape index (κ1) is 17.4. The summed E-state index contributed by atoms with van der Waals surface area (Å²) in [7, 11) is 0. The number of halogens is 5. The van der Waals surface area contributed by atoms with E-state index in [1.54, 1.807) is 0 Å². The molecule has 1 saturated carbocycles. The van der Waals surface area contributed by atoms with Crippen LogP contribution in [0, 0.1) is 11.6 Å². The van der Waals surface area contributed by atoms with E-state index in [4.69, 9.17) is 0 Å². The number of nitrogens with one attached hydrogen (secondary N) is 1. The van der Waals surface area contributed by atoms with E-state index in [-0.39, 0.29) is 5.56 Å². The fraction of sp³-hybridized carbons (Fsp3) is 0.278. The van der Waals surface area contributed by atoms with Crippen LogP contribution in [-0.2, 0) is 6.18 Å². The minimum absolute atomic E-state index is 0.136. The molecule has 2 atom stereocenters. The number of carbonyl (C=O) groups excluding carboxylic acids is 1. The third kappa shape index (κ3) is 3.36. The number of alkyl halides is 3. The molecule has 0 radical (unpaired) electrons. The van der Waals surface area contributed by atoms with Crippen molar-refractivity contribution < 1.29 is 26.7 Å². The molecule has 1 amide bonds. The van der Waals surface area contributed by atoms with E-state index in [1.165, 1.54) is 18.2 Å². The minimum atomic E-state index is -4.66. The van der Waals surface area contributed by atoms with Gasteiger partial charge in [0.25, 0.3) is 5.91 Å². The largest absolute Gasteiger partial charge is 0.417 e. The lowest BCUT2D eigenvalue weighted by Gasteiger charge is -2.38. The Hall–Kier alpha value is -2.44. The summed E-state index contributed by atoms with van der Waals surface area (Å²) in [4.78, 5) is 12.3. The molecule has 0 heterocycles. The predicted molar refractivity (Wildman–Crippen MR) is 81.0 cm³/mol. The van der Waals surface area contributed by atoms with Crippen molar-refractivity contribution in [1.29, 1.82) is 0 Å². The zero-order valence-electron chi connectivity index (χ0n) is 12.9. The van der Waals surface area contributed by atoms with Gasteiger partial charge in [-0.3, -0.25) is 4.79 Å². The summed E-state index contributed by atoms with van der Waals surface area (Å²) in [5.74, 6) is -2.94. The van der Waals surface area contributed by atoms with Crippen LogP contribution in [0.2, 0.25) is 0 Å². The molecule has 1 fully saturated rings. The van der Waals surface area contributed by atoms with Crippen molar-refractivity contribution in [2.24, 2.45) is 0 Å². The molecule has 1 aliphatic rings. The van der Waals surface area contributed by atoms with Crippen LogP contribution in [0.15, 0.2) is 42.5 Å². The number of hydrogen-bond donors (Lipinski definition) is 1. The summed E-state index contributed by atoms with van der Waals surface area (Å²) in [5, 5.41) is 2.48. The molecule has 2 nitrogen and oxygen atoms in total. The second-order valence-corrected chi connectivity index (χ2v) is 5.94. The van der Waals surface area contributed by atoms with Gasteiger partial charge in [0.15, 0.2) is 0 Å². The number of rotatable bonds is 3. The Morgan fingerprint density at radius 2 is 1.60 bits per heavy atom. The highest BCUT2D eigenvalue weighted by molar-refractivity contribution is 5.96. The summed E-state index contributed by atoms with van der Waals surface area (Å²) in [6.45, 7) is 0. The maximum Gasteiger partial charge on any atom is 0.417 e. The van der Waals surface area contributed by atoms with E-state index in [2.05, 4.69) is 5.32 Å². The second kappa shape index (κ2) is 6.46. The zero-order valence-corrected chi connectivity index (χ0v) is 12.9. The molecular weight excluding hydrogens is 341 g/mol. The normalized spacial score (nSPS) is 20.0. The van der Waals surface area contributed by atoms with Gasteiger partial charge < -0.3 is 5.32 Å². The van der Waals surface area contributed by atoms with Crippen LogP contribution >= 0.6 is 0 Å². The first-order valence-corrected chi connectivity index (χ1v) is 7.70. The molecule has 0 spiro atoms. The first-order chi connectivity index (χ1) is 11.8. The van der Waals surface area contributed by atoms with E-state index in [9.17, 15) is 26.7 Å². The van der Waals surface area contributed by atoms with Crippen LogP contribution in [-0.4, -0.2) is 11.9 Å². The highest BCUT2D eigenvalue weighted by Gasteiger charge is 2.39. The van der Waals surface area contributed by atoms with E-state index in [0.717, 1.165) is 24.3 Å². The Bertz CT molecular complexity index is 782. The molecular formula is C18H14F5NO. The van der Waals surface area contributed by atoms with Gasteiger partial charge in [0.05, 0.1) is 11.1 Å². The van der Waals surface area contributed by atoms with E-state index in [0.29, 0.717) is 12.8 Å². The SMILES string of the molecule is O=C(N[C@@H]1CC[C@@H]1c1c(F)cccc1F)c1ccccc1C(F)(F)F. The fourth-order valence-electron chi connectivity index (χ4n) is 3.06. The van der Waals surface area contributed by atoms with E-state index >= 15 is 0 Å². The van der Waals surface area contributed by atoms with Crippen molar-refractivity contribution in [2.75, 3.05) is 0 Å². The Morgan fingerprint density at radius 3 is 2.16 bits per heavy atom. The molecule has 2 aromatic carbocycles. The summed E-state index contributed by atoms with van der Waals surface area (Å²) < 4.78 is 66.8. The molecule has 0 bridgehead atoms. The van der Waals surface area contributed by atoms with Crippen molar-refractivity contribution in [1.82, 2.24) is 5.32 Å². The van der Waals surface area contributed by atoms with E-state index < -0.39 is 46.8 Å². The molecule has 0 aromatic heterocycles. The third-order valence-electron chi connectivity index (χ3n) is 4.44. The second-order valence-electron chi connectivity index (χ2n) is 5.94.